The second kappa shape index (κ2) is 4.40. The minimum atomic E-state index is -0.257. The predicted molar refractivity (Wildman–Crippen MR) is 73.0 cm³/mol. The van der Waals surface area contributed by atoms with Gasteiger partial charge in [-0.2, -0.15) is 0 Å². The lowest BCUT2D eigenvalue weighted by Crippen LogP contribution is -2.03. The van der Waals surface area contributed by atoms with Crippen LogP contribution in [0.25, 0.3) is 10.9 Å². The number of pyridine rings is 1. The molecule has 0 radical (unpaired) electrons. The van der Waals surface area contributed by atoms with Crippen molar-refractivity contribution in [2.24, 2.45) is 0 Å². The van der Waals surface area contributed by atoms with E-state index in [1.54, 1.807) is 12.3 Å². The molecule has 2 aromatic rings. The molecule has 0 atom stereocenters. The van der Waals surface area contributed by atoms with Gasteiger partial charge in [0.1, 0.15) is 5.82 Å². The fourth-order valence-electron chi connectivity index (χ4n) is 1.60. The van der Waals surface area contributed by atoms with E-state index in [9.17, 15) is 4.39 Å². The molecule has 0 amide bonds. The summed E-state index contributed by atoms with van der Waals surface area (Å²) in [5.74, 6) is -0.257. The van der Waals surface area contributed by atoms with Crippen LogP contribution in [0.1, 0.15) is 6.92 Å². The molecule has 1 aromatic carbocycles. The van der Waals surface area contributed by atoms with Gasteiger partial charge < -0.3 is 11.1 Å². The summed E-state index contributed by atoms with van der Waals surface area (Å²) in [4.78, 5) is 4.17. The molecule has 0 saturated heterocycles. The number of rotatable bonds is 2. The Balaban J connectivity index is 2.78. The molecule has 0 fully saturated rings. The van der Waals surface area contributed by atoms with Crippen LogP contribution in [0.15, 0.2) is 18.3 Å². The number of nitrogens with zero attached hydrogens (tertiary/aromatic N) is 1. The van der Waals surface area contributed by atoms with Gasteiger partial charge >= 0.3 is 0 Å². The Kier molecular flexibility index (Phi) is 3.13. The molecule has 1 heterocycles. The van der Waals surface area contributed by atoms with Crippen molar-refractivity contribution in [2.75, 3.05) is 17.6 Å². The normalized spacial score (nSPS) is 10.7. The molecule has 0 aliphatic heterocycles. The van der Waals surface area contributed by atoms with E-state index in [1.807, 2.05) is 29.5 Å². The largest absolute Gasteiger partial charge is 0.396 e. The number of hydrogen-bond donors (Lipinski definition) is 2. The average Bonchev–Trinajstić information content (AvgIpc) is 2.27. The summed E-state index contributed by atoms with van der Waals surface area (Å²) >= 11 is 1.95. The van der Waals surface area contributed by atoms with Crippen LogP contribution in [-0.2, 0) is 0 Å². The second-order valence-electron chi connectivity index (χ2n) is 3.38. The summed E-state index contributed by atoms with van der Waals surface area (Å²) < 4.78 is 13.9. The lowest BCUT2D eigenvalue weighted by Gasteiger charge is -2.11. The van der Waals surface area contributed by atoms with E-state index in [2.05, 4.69) is 10.3 Å². The molecule has 0 aliphatic carbocycles. The molecule has 16 heavy (non-hydrogen) atoms. The molecule has 2 rings (SSSR count). The molecule has 0 unspecified atom stereocenters. The highest BCUT2D eigenvalue weighted by Gasteiger charge is 2.11. The van der Waals surface area contributed by atoms with E-state index < -0.39 is 0 Å². The number of halogens is 2. The molecule has 0 spiro atoms. The molecule has 0 aliphatic rings. The van der Waals surface area contributed by atoms with Crippen molar-refractivity contribution in [3.63, 3.8) is 0 Å². The average molecular weight is 331 g/mol. The maximum atomic E-state index is 13.4. The van der Waals surface area contributed by atoms with Crippen molar-refractivity contribution in [2.45, 2.75) is 6.92 Å². The van der Waals surface area contributed by atoms with E-state index in [0.29, 0.717) is 14.8 Å². The second-order valence-corrected chi connectivity index (χ2v) is 4.46. The number of nitrogen functional groups attached to an aromatic ring is 1. The third kappa shape index (κ3) is 1.79. The van der Waals surface area contributed by atoms with Crippen LogP contribution in [0.4, 0.5) is 15.8 Å². The maximum Gasteiger partial charge on any atom is 0.138 e. The number of nitrogens with one attached hydrogen (secondary N) is 1. The molecular weight excluding hydrogens is 320 g/mol. The van der Waals surface area contributed by atoms with Gasteiger partial charge in [-0.1, -0.05) is 0 Å². The van der Waals surface area contributed by atoms with Crippen molar-refractivity contribution < 1.29 is 4.39 Å². The molecule has 5 heteroatoms. The Morgan fingerprint density at radius 3 is 2.94 bits per heavy atom. The summed E-state index contributed by atoms with van der Waals surface area (Å²) in [6.45, 7) is 2.75. The summed E-state index contributed by atoms with van der Waals surface area (Å²) in [6.07, 6.45) is 1.56. The van der Waals surface area contributed by atoms with Crippen molar-refractivity contribution in [1.29, 1.82) is 0 Å². The van der Waals surface area contributed by atoms with Crippen LogP contribution in [0.2, 0.25) is 0 Å². The van der Waals surface area contributed by atoms with Gasteiger partial charge in [-0.3, -0.25) is 4.98 Å². The minimum absolute atomic E-state index is 0.257. The van der Waals surface area contributed by atoms with Crippen LogP contribution < -0.4 is 11.1 Å². The van der Waals surface area contributed by atoms with Crippen LogP contribution >= 0.6 is 22.6 Å². The molecule has 84 valence electrons. The maximum absolute atomic E-state index is 13.4. The minimum Gasteiger partial charge on any atom is -0.396 e. The number of hydrogen-bond acceptors (Lipinski definition) is 3. The van der Waals surface area contributed by atoms with E-state index in [0.717, 1.165) is 17.6 Å². The third-order valence-corrected chi connectivity index (χ3v) is 3.34. The summed E-state index contributed by atoms with van der Waals surface area (Å²) in [5.41, 5.74) is 7.89. The van der Waals surface area contributed by atoms with Crippen LogP contribution in [-0.4, -0.2) is 11.5 Å². The first-order chi connectivity index (χ1) is 7.65. The van der Waals surface area contributed by atoms with E-state index in [1.165, 1.54) is 6.07 Å². The number of fused-ring (bicyclic) bond motifs is 1. The van der Waals surface area contributed by atoms with Gasteiger partial charge in [-0.05, 0) is 41.6 Å². The first kappa shape index (κ1) is 11.4. The summed E-state index contributed by atoms with van der Waals surface area (Å²) in [6, 6.07) is 3.14. The van der Waals surface area contributed by atoms with E-state index in [4.69, 9.17) is 5.73 Å². The van der Waals surface area contributed by atoms with Gasteiger partial charge in [0, 0.05) is 11.9 Å². The Hall–Kier alpha value is -1.11. The van der Waals surface area contributed by atoms with Crippen molar-refractivity contribution in [3.8, 4) is 0 Å². The molecule has 3 N–H and O–H groups in total. The quantitative estimate of drug-likeness (QED) is 0.832. The topological polar surface area (TPSA) is 50.9 Å². The van der Waals surface area contributed by atoms with Crippen molar-refractivity contribution in [3.05, 3.63) is 27.7 Å². The Morgan fingerprint density at radius 2 is 2.25 bits per heavy atom. The molecule has 0 saturated carbocycles. The number of anilines is 2. The van der Waals surface area contributed by atoms with Crippen molar-refractivity contribution in [1.82, 2.24) is 4.98 Å². The van der Waals surface area contributed by atoms with E-state index >= 15 is 0 Å². The smallest absolute Gasteiger partial charge is 0.138 e. The highest BCUT2D eigenvalue weighted by Crippen LogP contribution is 2.31. The van der Waals surface area contributed by atoms with Gasteiger partial charge in [0.25, 0.3) is 0 Å². The van der Waals surface area contributed by atoms with Gasteiger partial charge in [-0.15, -0.1) is 0 Å². The SMILES string of the molecule is CCNc1c(N)cnc2c(I)c(F)ccc12. The Bertz CT molecular complexity index is 542. The Morgan fingerprint density at radius 1 is 1.50 bits per heavy atom. The third-order valence-electron chi connectivity index (χ3n) is 2.31. The fourth-order valence-corrected chi connectivity index (χ4v) is 2.21. The standard InChI is InChI=1S/C11H11FIN3/c1-2-15-10-6-3-4-7(12)9(13)11(6)16-5-8(10)14/h3-5H,2,14H2,1H3,(H,15,16). The number of nitrogens with two attached hydrogens (primary N) is 1. The zero-order valence-electron chi connectivity index (χ0n) is 8.72. The highest BCUT2D eigenvalue weighted by atomic mass is 127. The van der Waals surface area contributed by atoms with Crippen LogP contribution in [0.5, 0.6) is 0 Å². The molecule has 0 bridgehead atoms. The van der Waals surface area contributed by atoms with Gasteiger partial charge in [-0.25, -0.2) is 4.39 Å². The number of benzene rings is 1. The van der Waals surface area contributed by atoms with Gasteiger partial charge in [0.05, 0.1) is 26.7 Å². The zero-order valence-corrected chi connectivity index (χ0v) is 10.9. The lowest BCUT2D eigenvalue weighted by molar-refractivity contribution is 0.622. The van der Waals surface area contributed by atoms with Crippen LogP contribution in [0.3, 0.4) is 0 Å². The Labute approximate surface area is 106 Å². The fraction of sp³-hybridized carbons (Fsp3) is 0.182. The van der Waals surface area contributed by atoms with Crippen molar-refractivity contribution >= 4 is 44.9 Å². The molecule has 1 aromatic heterocycles. The molecular formula is C11H11FIN3. The predicted octanol–water partition coefficient (Wildman–Crippen LogP) is 2.99. The first-order valence-electron chi connectivity index (χ1n) is 4.91. The van der Waals surface area contributed by atoms with Crippen LogP contribution in [0, 0.1) is 9.39 Å². The molecule has 3 nitrogen and oxygen atoms in total. The lowest BCUT2D eigenvalue weighted by atomic mass is 10.1. The van der Waals surface area contributed by atoms with Gasteiger partial charge in [0.15, 0.2) is 0 Å². The summed E-state index contributed by atoms with van der Waals surface area (Å²) in [5, 5.41) is 4.03. The zero-order chi connectivity index (χ0) is 11.7. The monoisotopic (exact) mass is 331 g/mol. The number of aromatic nitrogens is 1. The summed E-state index contributed by atoms with van der Waals surface area (Å²) in [7, 11) is 0. The first-order valence-corrected chi connectivity index (χ1v) is 5.99. The van der Waals surface area contributed by atoms with Gasteiger partial charge in [0.2, 0.25) is 0 Å². The van der Waals surface area contributed by atoms with E-state index in [-0.39, 0.29) is 5.82 Å². The highest BCUT2D eigenvalue weighted by molar-refractivity contribution is 14.1.